The Hall–Kier alpha value is -2.91. The second-order valence-electron chi connectivity index (χ2n) is 8.74. The summed E-state index contributed by atoms with van der Waals surface area (Å²) in [5.41, 5.74) is -0.341. The molecule has 0 bridgehead atoms. The minimum Gasteiger partial charge on any atom is -0.342 e. The fourth-order valence-corrected chi connectivity index (χ4v) is 4.23. The summed E-state index contributed by atoms with van der Waals surface area (Å²) in [5, 5.41) is 3.91. The lowest BCUT2D eigenvalue weighted by Gasteiger charge is -2.33. The summed E-state index contributed by atoms with van der Waals surface area (Å²) in [6.45, 7) is 6.37. The maximum absolute atomic E-state index is 13.9. The van der Waals surface area contributed by atoms with Crippen molar-refractivity contribution in [1.82, 2.24) is 24.6 Å². The first-order valence-electron chi connectivity index (χ1n) is 10.8. The number of hydrogen-bond donors (Lipinski definition) is 0. The lowest BCUT2D eigenvalue weighted by molar-refractivity contribution is -0.136. The van der Waals surface area contributed by atoms with Gasteiger partial charge < -0.3 is 14.0 Å². The zero-order valence-corrected chi connectivity index (χ0v) is 18.3. The number of fused-ring (bicyclic) bond motifs is 1. The van der Waals surface area contributed by atoms with Crippen LogP contribution in [0.2, 0.25) is 0 Å². The van der Waals surface area contributed by atoms with Crippen molar-refractivity contribution < 1.29 is 22.5 Å². The van der Waals surface area contributed by atoms with Gasteiger partial charge in [0.2, 0.25) is 5.91 Å². The summed E-state index contributed by atoms with van der Waals surface area (Å²) >= 11 is 0. The van der Waals surface area contributed by atoms with E-state index < -0.39 is 11.7 Å². The number of carbonyl (C=O) groups excluding carboxylic acids is 1. The number of imidazole rings is 1. The Morgan fingerprint density at radius 2 is 2.09 bits per heavy atom. The molecule has 7 nitrogen and oxygen atoms in total. The highest BCUT2D eigenvalue weighted by Gasteiger charge is 2.38. The molecule has 0 aliphatic carbocycles. The third-order valence-electron chi connectivity index (χ3n) is 6.05. The van der Waals surface area contributed by atoms with E-state index in [1.54, 1.807) is 37.5 Å². The molecule has 1 fully saturated rings. The Labute approximate surface area is 183 Å². The van der Waals surface area contributed by atoms with Crippen molar-refractivity contribution >= 4 is 17.0 Å². The Kier molecular flexibility index (Phi) is 5.96. The van der Waals surface area contributed by atoms with E-state index in [1.807, 2.05) is 11.5 Å². The lowest BCUT2D eigenvalue weighted by Crippen LogP contribution is -2.40. The van der Waals surface area contributed by atoms with Crippen LogP contribution in [-0.4, -0.2) is 43.6 Å². The van der Waals surface area contributed by atoms with Crippen LogP contribution in [0.15, 0.2) is 29.3 Å². The molecule has 1 aliphatic rings. The van der Waals surface area contributed by atoms with Gasteiger partial charge in [0.15, 0.2) is 0 Å². The number of amides is 1. The molecule has 3 aromatic heterocycles. The van der Waals surface area contributed by atoms with Gasteiger partial charge in [0, 0.05) is 49.6 Å². The highest BCUT2D eigenvalue weighted by Crippen LogP contribution is 2.40. The van der Waals surface area contributed by atoms with E-state index in [4.69, 9.17) is 4.52 Å². The van der Waals surface area contributed by atoms with Gasteiger partial charge in [-0.3, -0.25) is 4.79 Å². The summed E-state index contributed by atoms with van der Waals surface area (Å²) in [7, 11) is 0. The van der Waals surface area contributed by atoms with E-state index in [0.717, 1.165) is 6.07 Å². The fourth-order valence-electron chi connectivity index (χ4n) is 4.23. The molecule has 10 heteroatoms. The van der Waals surface area contributed by atoms with Gasteiger partial charge in [-0.15, -0.1) is 0 Å². The first-order chi connectivity index (χ1) is 15.1. The van der Waals surface area contributed by atoms with Gasteiger partial charge >= 0.3 is 6.18 Å². The number of hydrogen-bond acceptors (Lipinski definition) is 5. The Morgan fingerprint density at radius 3 is 2.75 bits per heavy atom. The molecule has 172 valence electrons. The molecule has 1 saturated heterocycles. The number of pyridine rings is 1. The number of halogens is 3. The molecule has 32 heavy (non-hydrogen) atoms. The molecule has 4 rings (SSSR count). The molecular formula is C22H26F3N5O2. The van der Waals surface area contributed by atoms with E-state index in [2.05, 4.69) is 15.1 Å². The Morgan fingerprint density at radius 1 is 1.31 bits per heavy atom. The normalized spacial score (nSPS) is 18.5. The van der Waals surface area contributed by atoms with Crippen molar-refractivity contribution in [3.8, 4) is 0 Å². The topological polar surface area (TPSA) is 77.0 Å². The van der Waals surface area contributed by atoms with E-state index in [1.165, 1.54) is 0 Å². The maximum Gasteiger partial charge on any atom is 0.417 e. The highest BCUT2D eigenvalue weighted by atomic mass is 19.4. The average Bonchev–Trinajstić information content (AvgIpc) is 3.42. The summed E-state index contributed by atoms with van der Waals surface area (Å²) in [6.07, 6.45) is 2.16. The van der Waals surface area contributed by atoms with Gasteiger partial charge in [-0.2, -0.15) is 13.2 Å². The van der Waals surface area contributed by atoms with Crippen molar-refractivity contribution in [2.45, 2.75) is 64.1 Å². The highest BCUT2D eigenvalue weighted by molar-refractivity contribution is 5.82. The molecule has 4 heterocycles. The van der Waals surface area contributed by atoms with E-state index in [9.17, 15) is 18.0 Å². The number of carbonyl (C=O) groups is 1. The zero-order valence-electron chi connectivity index (χ0n) is 18.3. The smallest absolute Gasteiger partial charge is 0.342 e. The number of rotatable bonds is 5. The quantitative estimate of drug-likeness (QED) is 0.553. The third kappa shape index (κ3) is 4.35. The van der Waals surface area contributed by atoms with Crippen LogP contribution < -0.4 is 0 Å². The van der Waals surface area contributed by atoms with Crippen LogP contribution in [0, 0.1) is 0 Å². The second-order valence-corrected chi connectivity index (χ2v) is 8.74. The van der Waals surface area contributed by atoms with Gasteiger partial charge in [-0.25, -0.2) is 9.97 Å². The van der Waals surface area contributed by atoms with E-state index in [-0.39, 0.29) is 47.0 Å². The Bertz CT molecular complexity index is 1090. The number of aromatic nitrogens is 4. The molecular weight excluding hydrogens is 423 g/mol. The van der Waals surface area contributed by atoms with Crippen LogP contribution in [0.1, 0.15) is 74.9 Å². The number of piperidine rings is 1. The second kappa shape index (κ2) is 8.55. The summed E-state index contributed by atoms with van der Waals surface area (Å²) < 4.78 is 48.8. The molecule has 0 unspecified atom stereocenters. The predicted molar refractivity (Wildman–Crippen MR) is 111 cm³/mol. The van der Waals surface area contributed by atoms with Crippen LogP contribution in [-0.2, 0) is 11.0 Å². The van der Waals surface area contributed by atoms with Crippen LogP contribution in [0.5, 0.6) is 0 Å². The van der Waals surface area contributed by atoms with Crippen LogP contribution in [0.4, 0.5) is 13.2 Å². The van der Waals surface area contributed by atoms with Gasteiger partial charge in [-0.1, -0.05) is 19.0 Å². The van der Waals surface area contributed by atoms with Gasteiger partial charge in [-0.05, 0) is 31.7 Å². The standard InChI is InChI=1S/C22H26F3N5O2/c1-13(2)17-10-16(22(23,24)25)19-20(28-32-21(19)27-17)15-5-4-7-29(11-15)18(31)9-14(3)30-8-6-26-12-30/h6,8,10,12-15H,4-5,7,9,11H2,1-3H3/t14-,15-/m1/s1. The van der Waals surface area contributed by atoms with Gasteiger partial charge in [0.1, 0.15) is 0 Å². The molecule has 0 aromatic carbocycles. The predicted octanol–water partition coefficient (Wildman–Crippen LogP) is 4.92. The minimum absolute atomic E-state index is 0.0417. The lowest BCUT2D eigenvalue weighted by atomic mass is 9.91. The largest absolute Gasteiger partial charge is 0.417 e. The van der Waals surface area contributed by atoms with Crippen LogP contribution in [0.25, 0.3) is 11.1 Å². The number of alkyl halides is 3. The monoisotopic (exact) mass is 449 g/mol. The average molecular weight is 449 g/mol. The van der Waals surface area contributed by atoms with E-state index in [0.29, 0.717) is 31.6 Å². The first-order valence-corrected chi connectivity index (χ1v) is 10.8. The van der Waals surface area contributed by atoms with Crippen LogP contribution in [0.3, 0.4) is 0 Å². The van der Waals surface area contributed by atoms with Crippen molar-refractivity contribution in [2.75, 3.05) is 13.1 Å². The van der Waals surface area contributed by atoms with Gasteiger partial charge in [0.05, 0.1) is 23.0 Å². The summed E-state index contributed by atoms with van der Waals surface area (Å²) in [4.78, 5) is 22.9. The van der Waals surface area contributed by atoms with Gasteiger partial charge in [0.25, 0.3) is 5.71 Å². The molecule has 2 atom stereocenters. The van der Waals surface area contributed by atoms with Crippen molar-refractivity contribution in [3.05, 3.63) is 41.7 Å². The number of likely N-dealkylation sites (tertiary alicyclic amines) is 1. The minimum atomic E-state index is -4.56. The third-order valence-corrected chi connectivity index (χ3v) is 6.05. The maximum atomic E-state index is 13.9. The van der Waals surface area contributed by atoms with Crippen LogP contribution >= 0.6 is 0 Å². The zero-order chi connectivity index (χ0) is 23.0. The SMILES string of the molecule is CC(C)c1cc(C(F)(F)F)c2c([C@@H]3CCCN(C(=O)C[C@@H](C)n4ccnc4)C3)noc2n1. The molecule has 0 spiro atoms. The summed E-state index contributed by atoms with van der Waals surface area (Å²) in [5.74, 6) is -0.570. The Balaban J connectivity index is 1.60. The van der Waals surface area contributed by atoms with Crippen molar-refractivity contribution in [2.24, 2.45) is 0 Å². The molecule has 0 saturated carbocycles. The summed E-state index contributed by atoms with van der Waals surface area (Å²) in [6, 6.07) is 1.03. The van der Waals surface area contributed by atoms with E-state index >= 15 is 0 Å². The molecule has 0 N–H and O–H groups in total. The van der Waals surface area contributed by atoms with Crippen molar-refractivity contribution in [3.63, 3.8) is 0 Å². The first kappa shape index (κ1) is 22.3. The number of nitrogens with zero attached hydrogens (tertiary/aromatic N) is 5. The molecule has 1 aliphatic heterocycles. The molecule has 0 radical (unpaired) electrons. The molecule has 1 amide bonds. The van der Waals surface area contributed by atoms with Crippen molar-refractivity contribution in [1.29, 1.82) is 0 Å². The fraction of sp³-hybridized carbons (Fsp3) is 0.545. The molecule has 3 aromatic rings.